The van der Waals surface area contributed by atoms with Crippen molar-refractivity contribution in [3.05, 3.63) is 0 Å². The standard InChI is InChI=1S/C46H92N2O5/c1-7-13-18-22-23-24-29-36-47(12-6)39-40-48(37-30-41-51-45(49)43(32-26-19-14-8-2)33-27-20-15-9-3)38-31-42-52-46(50)53-44(34-25-17-11-5)35-28-21-16-10-4/h43-44H,7-42H2,1-6H3. The van der Waals surface area contributed by atoms with Crippen LogP contribution in [0.2, 0.25) is 0 Å². The van der Waals surface area contributed by atoms with Gasteiger partial charge in [-0.1, -0.05) is 164 Å². The first-order valence-electron chi connectivity index (χ1n) is 23.4. The van der Waals surface area contributed by atoms with Crippen LogP contribution >= 0.6 is 0 Å². The molecule has 0 aromatic carbocycles. The number of esters is 1. The third kappa shape index (κ3) is 33.7. The number of carbonyl (C=O) groups excluding carboxylic acids is 2. The van der Waals surface area contributed by atoms with Crippen LogP contribution in [0.5, 0.6) is 0 Å². The molecule has 0 spiro atoms. The highest BCUT2D eigenvalue weighted by molar-refractivity contribution is 5.72. The number of hydrogen-bond donors (Lipinski definition) is 0. The molecule has 316 valence electrons. The van der Waals surface area contributed by atoms with E-state index in [1.165, 1.54) is 116 Å². The Kier molecular flexibility index (Phi) is 39.3. The predicted octanol–water partition coefficient (Wildman–Crippen LogP) is 13.3. The Labute approximate surface area is 330 Å². The molecular weight excluding hydrogens is 661 g/mol. The molecule has 53 heavy (non-hydrogen) atoms. The lowest BCUT2D eigenvalue weighted by molar-refractivity contribution is -0.149. The molecule has 0 aliphatic rings. The van der Waals surface area contributed by atoms with Crippen LogP contribution in [0.4, 0.5) is 4.79 Å². The third-order valence-electron chi connectivity index (χ3n) is 10.9. The average molecular weight is 753 g/mol. The van der Waals surface area contributed by atoms with Gasteiger partial charge in [-0.15, -0.1) is 0 Å². The minimum absolute atomic E-state index is 0.0154. The first-order chi connectivity index (χ1) is 25.9. The van der Waals surface area contributed by atoms with Gasteiger partial charge in [-0.2, -0.15) is 0 Å². The fraction of sp³-hybridized carbons (Fsp3) is 0.957. The number of carbonyl (C=O) groups is 2. The van der Waals surface area contributed by atoms with Crippen LogP contribution in [-0.2, 0) is 19.0 Å². The van der Waals surface area contributed by atoms with Gasteiger partial charge in [0.2, 0.25) is 0 Å². The van der Waals surface area contributed by atoms with Gasteiger partial charge >= 0.3 is 12.1 Å². The van der Waals surface area contributed by atoms with Gasteiger partial charge in [0.15, 0.2) is 0 Å². The largest absolute Gasteiger partial charge is 0.508 e. The maximum Gasteiger partial charge on any atom is 0.508 e. The molecule has 7 nitrogen and oxygen atoms in total. The maximum atomic E-state index is 13.2. The van der Waals surface area contributed by atoms with Crippen LogP contribution < -0.4 is 0 Å². The van der Waals surface area contributed by atoms with Gasteiger partial charge in [-0.3, -0.25) is 4.79 Å². The summed E-state index contributed by atoms with van der Waals surface area (Å²) >= 11 is 0. The first-order valence-corrected chi connectivity index (χ1v) is 23.4. The van der Waals surface area contributed by atoms with Crippen LogP contribution in [0.3, 0.4) is 0 Å². The Morgan fingerprint density at radius 3 is 1.34 bits per heavy atom. The molecule has 1 unspecified atom stereocenters. The van der Waals surface area contributed by atoms with Gasteiger partial charge in [-0.25, -0.2) is 4.79 Å². The van der Waals surface area contributed by atoms with Crippen molar-refractivity contribution in [2.24, 2.45) is 5.92 Å². The molecule has 1 atom stereocenters. The van der Waals surface area contributed by atoms with Gasteiger partial charge in [0.25, 0.3) is 0 Å². The van der Waals surface area contributed by atoms with Gasteiger partial charge in [-0.05, 0) is 70.9 Å². The molecule has 0 aromatic rings. The molecule has 0 aliphatic carbocycles. The zero-order valence-corrected chi connectivity index (χ0v) is 36.5. The lowest BCUT2D eigenvalue weighted by atomic mass is 9.94. The zero-order chi connectivity index (χ0) is 39.0. The summed E-state index contributed by atoms with van der Waals surface area (Å²) in [5.41, 5.74) is 0. The van der Waals surface area contributed by atoms with Crippen molar-refractivity contribution >= 4 is 12.1 Å². The smallest absolute Gasteiger partial charge is 0.465 e. The van der Waals surface area contributed by atoms with Crippen molar-refractivity contribution in [1.82, 2.24) is 9.80 Å². The lowest BCUT2D eigenvalue weighted by Crippen LogP contribution is -2.37. The quantitative estimate of drug-likeness (QED) is 0.0455. The fourth-order valence-corrected chi connectivity index (χ4v) is 7.23. The van der Waals surface area contributed by atoms with Gasteiger partial charge in [0.05, 0.1) is 19.1 Å². The van der Waals surface area contributed by atoms with Crippen molar-refractivity contribution in [3.8, 4) is 0 Å². The summed E-state index contributed by atoms with van der Waals surface area (Å²) in [5.74, 6) is 0.0609. The van der Waals surface area contributed by atoms with Crippen LogP contribution in [0.15, 0.2) is 0 Å². The SMILES string of the molecule is CCCCCCCCCN(CC)CCN(CCCOC(=O)OC(CCCCC)CCCCCC)CCCOC(=O)C(CCCCCC)CCCCCC. The van der Waals surface area contributed by atoms with E-state index in [1.54, 1.807) is 0 Å². The van der Waals surface area contributed by atoms with Crippen LogP contribution in [0.25, 0.3) is 0 Å². The third-order valence-corrected chi connectivity index (χ3v) is 10.9. The molecule has 0 saturated heterocycles. The number of nitrogens with zero attached hydrogens (tertiary/aromatic N) is 2. The van der Waals surface area contributed by atoms with Crippen LogP contribution in [0, 0.1) is 5.92 Å². The molecule has 0 fully saturated rings. The second-order valence-electron chi connectivity index (χ2n) is 15.9. The molecule has 0 heterocycles. The topological polar surface area (TPSA) is 68.3 Å². The Balaban J connectivity index is 5.03. The zero-order valence-electron chi connectivity index (χ0n) is 36.5. The minimum atomic E-state index is -0.508. The van der Waals surface area contributed by atoms with Crippen LogP contribution in [0.1, 0.15) is 221 Å². The molecule has 0 rings (SSSR count). The normalized spacial score (nSPS) is 12.2. The van der Waals surface area contributed by atoms with Gasteiger partial charge in [0, 0.05) is 26.2 Å². The summed E-state index contributed by atoms with van der Waals surface area (Å²) in [4.78, 5) is 30.9. The predicted molar refractivity (Wildman–Crippen MR) is 227 cm³/mol. The Morgan fingerprint density at radius 1 is 0.415 bits per heavy atom. The highest BCUT2D eigenvalue weighted by Crippen LogP contribution is 2.20. The first kappa shape index (κ1) is 51.7. The monoisotopic (exact) mass is 753 g/mol. The number of ether oxygens (including phenoxy) is 3. The summed E-state index contributed by atoms with van der Waals surface area (Å²) in [5, 5.41) is 0. The molecule has 7 heteroatoms. The van der Waals surface area contributed by atoms with E-state index in [4.69, 9.17) is 14.2 Å². The van der Waals surface area contributed by atoms with Crippen molar-refractivity contribution in [3.63, 3.8) is 0 Å². The maximum absolute atomic E-state index is 13.2. The lowest BCUT2D eigenvalue weighted by Gasteiger charge is -2.27. The van der Waals surface area contributed by atoms with E-state index < -0.39 is 6.16 Å². The van der Waals surface area contributed by atoms with E-state index in [-0.39, 0.29) is 18.0 Å². The Bertz CT molecular complexity index is 769. The van der Waals surface area contributed by atoms with Crippen molar-refractivity contribution < 1.29 is 23.8 Å². The second-order valence-corrected chi connectivity index (χ2v) is 15.9. The Hall–Kier alpha value is -1.34. The fourth-order valence-electron chi connectivity index (χ4n) is 7.23. The summed E-state index contributed by atoms with van der Waals surface area (Å²) in [6, 6.07) is 0. The van der Waals surface area contributed by atoms with E-state index >= 15 is 0 Å². The van der Waals surface area contributed by atoms with Crippen molar-refractivity contribution in [2.45, 2.75) is 227 Å². The number of rotatable bonds is 41. The molecule has 0 amide bonds. The number of likely N-dealkylation sites (N-methyl/N-ethyl adjacent to an activating group) is 1. The summed E-state index contributed by atoms with van der Waals surface area (Å²) in [6.07, 6.45) is 31.9. The van der Waals surface area contributed by atoms with Gasteiger partial charge in [0.1, 0.15) is 6.10 Å². The van der Waals surface area contributed by atoms with Crippen LogP contribution in [-0.4, -0.2) is 80.5 Å². The van der Waals surface area contributed by atoms with E-state index in [1.807, 2.05) is 0 Å². The molecule has 0 N–H and O–H groups in total. The molecule has 0 radical (unpaired) electrons. The molecule has 0 saturated carbocycles. The highest BCUT2D eigenvalue weighted by Gasteiger charge is 2.20. The summed E-state index contributed by atoms with van der Waals surface area (Å²) < 4.78 is 17.4. The summed E-state index contributed by atoms with van der Waals surface area (Å²) in [7, 11) is 0. The number of unbranched alkanes of at least 4 members (excludes halogenated alkanes) is 17. The minimum Gasteiger partial charge on any atom is -0.465 e. The van der Waals surface area contributed by atoms with E-state index in [9.17, 15) is 9.59 Å². The molecule has 0 aliphatic heterocycles. The van der Waals surface area contributed by atoms with E-state index in [2.05, 4.69) is 51.3 Å². The van der Waals surface area contributed by atoms with E-state index in [0.29, 0.717) is 13.2 Å². The average Bonchev–Trinajstić information content (AvgIpc) is 3.16. The molecule has 0 bridgehead atoms. The second kappa shape index (κ2) is 40.3. The van der Waals surface area contributed by atoms with E-state index in [0.717, 1.165) is 103 Å². The van der Waals surface area contributed by atoms with Gasteiger partial charge < -0.3 is 24.0 Å². The van der Waals surface area contributed by atoms with Crippen molar-refractivity contribution in [2.75, 3.05) is 52.5 Å². The highest BCUT2D eigenvalue weighted by atomic mass is 16.7. The molecular formula is C46H92N2O5. The Morgan fingerprint density at radius 2 is 0.811 bits per heavy atom. The van der Waals surface area contributed by atoms with Crippen molar-refractivity contribution in [1.29, 1.82) is 0 Å². The molecule has 0 aromatic heterocycles. The summed E-state index contributed by atoms with van der Waals surface area (Å²) in [6.45, 7) is 20.2. The number of hydrogen-bond acceptors (Lipinski definition) is 7.